The summed E-state index contributed by atoms with van der Waals surface area (Å²) in [5, 5.41) is 9.76. The second kappa shape index (κ2) is 12.5. The van der Waals surface area contributed by atoms with Gasteiger partial charge in [-0.25, -0.2) is 24.7 Å². The summed E-state index contributed by atoms with van der Waals surface area (Å²) in [7, 11) is 0. The van der Waals surface area contributed by atoms with Gasteiger partial charge in [-0.2, -0.15) is 4.98 Å². The first-order valence-electron chi connectivity index (χ1n) is 13.4. The number of carbonyl (C=O) groups excluding carboxylic acids is 1. The summed E-state index contributed by atoms with van der Waals surface area (Å²) >= 11 is 0. The van der Waals surface area contributed by atoms with Crippen LogP contribution in [0, 0.1) is 6.92 Å². The summed E-state index contributed by atoms with van der Waals surface area (Å²) in [6.45, 7) is 7.93. The van der Waals surface area contributed by atoms with Crippen LogP contribution in [-0.4, -0.2) is 62.7 Å². The Hall–Kier alpha value is -4.64. The van der Waals surface area contributed by atoms with Gasteiger partial charge in [-0.15, -0.1) is 0 Å². The zero-order valence-corrected chi connectivity index (χ0v) is 22.8. The van der Waals surface area contributed by atoms with Crippen LogP contribution in [0.5, 0.6) is 0 Å². The van der Waals surface area contributed by atoms with Crippen LogP contribution in [0.4, 0.5) is 29.0 Å². The molecule has 0 amide bonds. The quantitative estimate of drug-likeness (QED) is 0.264. The largest absolute Gasteiger partial charge is 0.461 e. The lowest BCUT2D eigenvalue weighted by atomic mass is 10.1. The van der Waals surface area contributed by atoms with Gasteiger partial charge in [-0.05, 0) is 68.8 Å². The minimum atomic E-state index is -0.364. The minimum absolute atomic E-state index is 0.102. The lowest BCUT2D eigenvalue weighted by molar-refractivity contribution is -0.150. The first kappa shape index (κ1) is 26.9. The van der Waals surface area contributed by atoms with Crippen molar-refractivity contribution >= 4 is 34.9 Å². The zero-order valence-electron chi connectivity index (χ0n) is 22.8. The molecule has 11 nitrogen and oxygen atoms in total. The number of hydrogen-bond donors (Lipinski definition) is 3. The highest BCUT2D eigenvalue weighted by Gasteiger charge is 2.31. The van der Waals surface area contributed by atoms with E-state index in [1.165, 1.54) is 0 Å². The summed E-state index contributed by atoms with van der Waals surface area (Å²) in [4.78, 5) is 37.2. The molecule has 4 heterocycles. The number of carbonyl (C=O) groups is 1. The van der Waals surface area contributed by atoms with Crippen molar-refractivity contribution in [2.45, 2.75) is 39.3 Å². The van der Waals surface area contributed by atoms with Crippen LogP contribution < -0.4 is 20.9 Å². The van der Waals surface area contributed by atoms with Crippen molar-refractivity contribution in [3.8, 4) is 11.5 Å². The van der Waals surface area contributed by atoms with E-state index >= 15 is 0 Å². The monoisotopic (exact) mass is 539 g/mol. The van der Waals surface area contributed by atoms with Gasteiger partial charge in [0.1, 0.15) is 23.4 Å². The van der Waals surface area contributed by atoms with E-state index in [-0.39, 0.29) is 18.1 Å². The van der Waals surface area contributed by atoms with Crippen molar-refractivity contribution in [2.75, 3.05) is 35.2 Å². The van der Waals surface area contributed by atoms with Gasteiger partial charge in [0.2, 0.25) is 5.95 Å². The van der Waals surface area contributed by atoms with Crippen LogP contribution >= 0.6 is 0 Å². The number of nitrogens with zero attached hydrogens (tertiary/aromatic N) is 6. The van der Waals surface area contributed by atoms with Crippen molar-refractivity contribution in [1.29, 1.82) is 0 Å². The first-order chi connectivity index (χ1) is 19.5. The molecule has 3 N–H and O–H groups in total. The van der Waals surface area contributed by atoms with E-state index in [0.29, 0.717) is 42.2 Å². The second-order valence-electron chi connectivity index (χ2n) is 9.56. The molecule has 0 bridgehead atoms. The number of rotatable bonds is 9. The first-order valence-corrected chi connectivity index (χ1v) is 13.4. The number of nitrogens with one attached hydrogen (secondary N) is 3. The molecule has 1 fully saturated rings. The normalized spacial score (nSPS) is 15.8. The smallest absolute Gasteiger partial charge is 0.330 e. The number of aryl methyl sites for hydroxylation is 1. The molecule has 0 aliphatic carbocycles. The summed E-state index contributed by atoms with van der Waals surface area (Å²) in [5.41, 5.74) is 3.38. The van der Waals surface area contributed by atoms with Crippen molar-refractivity contribution in [1.82, 2.24) is 30.2 Å². The molecule has 3 aromatic heterocycles. The third kappa shape index (κ3) is 6.67. The number of piperazine rings is 1. The van der Waals surface area contributed by atoms with E-state index in [1.807, 2.05) is 63.2 Å². The second-order valence-corrected chi connectivity index (χ2v) is 9.56. The maximum Gasteiger partial charge on any atom is 0.330 e. The number of benzene rings is 1. The average Bonchev–Trinajstić information content (AvgIpc) is 2.98. The van der Waals surface area contributed by atoms with Gasteiger partial charge in [0.15, 0.2) is 5.82 Å². The van der Waals surface area contributed by atoms with Crippen molar-refractivity contribution in [3.05, 3.63) is 72.7 Å². The van der Waals surface area contributed by atoms with E-state index in [0.717, 1.165) is 30.0 Å². The molecule has 2 atom stereocenters. The molecule has 0 spiro atoms. The van der Waals surface area contributed by atoms with Crippen LogP contribution in [0.1, 0.15) is 26.0 Å². The fourth-order valence-electron chi connectivity index (χ4n) is 4.29. The Morgan fingerprint density at radius 1 is 1.02 bits per heavy atom. The predicted octanol–water partition coefficient (Wildman–Crippen LogP) is 4.24. The lowest BCUT2D eigenvalue weighted by Crippen LogP contribution is -2.56. The molecule has 4 aromatic rings. The average molecular weight is 540 g/mol. The highest BCUT2D eigenvalue weighted by atomic mass is 16.5. The summed E-state index contributed by atoms with van der Waals surface area (Å²) in [6, 6.07) is 16.8. The Bertz CT molecular complexity index is 1450. The van der Waals surface area contributed by atoms with E-state index in [4.69, 9.17) is 4.74 Å². The van der Waals surface area contributed by atoms with Crippen LogP contribution in [0.25, 0.3) is 11.5 Å². The molecular formula is C29H33N9O2. The highest BCUT2D eigenvalue weighted by molar-refractivity contribution is 5.81. The molecule has 5 rings (SSSR count). The number of pyridine rings is 1. The Morgan fingerprint density at radius 3 is 2.58 bits per heavy atom. The molecule has 1 unspecified atom stereocenters. The highest BCUT2D eigenvalue weighted by Crippen LogP contribution is 2.24. The van der Waals surface area contributed by atoms with Gasteiger partial charge in [-0.3, -0.25) is 0 Å². The van der Waals surface area contributed by atoms with Gasteiger partial charge < -0.3 is 25.6 Å². The molecule has 40 heavy (non-hydrogen) atoms. The number of ether oxygens (including phenoxy) is 1. The molecule has 1 aromatic carbocycles. The topological polar surface area (TPSA) is 130 Å². The van der Waals surface area contributed by atoms with Gasteiger partial charge in [0, 0.05) is 49.1 Å². The summed E-state index contributed by atoms with van der Waals surface area (Å²) < 4.78 is 5.61. The molecule has 0 radical (unpaired) electrons. The Balaban J connectivity index is 1.25. The summed E-state index contributed by atoms with van der Waals surface area (Å²) in [5.74, 6) is 1.94. The van der Waals surface area contributed by atoms with E-state index < -0.39 is 0 Å². The molecule has 1 saturated heterocycles. The van der Waals surface area contributed by atoms with E-state index in [2.05, 4.69) is 45.8 Å². The third-order valence-electron chi connectivity index (χ3n) is 6.55. The maximum atomic E-state index is 12.8. The molecule has 206 valence electrons. The zero-order chi connectivity index (χ0) is 27.9. The maximum absolute atomic E-state index is 12.8. The number of esters is 1. The minimum Gasteiger partial charge on any atom is -0.461 e. The van der Waals surface area contributed by atoms with Crippen molar-refractivity contribution in [3.63, 3.8) is 0 Å². The van der Waals surface area contributed by atoms with Crippen molar-refractivity contribution < 1.29 is 9.53 Å². The number of hydrogen-bond acceptors (Lipinski definition) is 11. The molecule has 0 saturated carbocycles. The van der Waals surface area contributed by atoms with Gasteiger partial charge in [0.05, 0.1) is 6.10 Å². The van der Waals surface area contributed by atoms with E-state index in [9.17, 15) is 4.79 Å². The Morgan fingerprint density at radius 2 is 1.80 bits per heavy atom. The fourth-order valence-corrected chi connectivity index (χ4v) is 4.29. The van der Waals surface area contributed by atoms with Crippen molar-refractivity contribution in [2.24, 2.45) is 0 Å². The van der Waals surface area contributed by atoms with Crippen LogP contribution in [0.3, 0.4) is 0 Å². The van der Waals surface area contributed by atoms with Crippen LogP contribution in [0.15, 0.2) is 67.0 Å². The number of anilines is 5. The Labute approximate surface area is 233 Å². The van der Waals surface area contributed by atoms with Crippen LogP contribution in [0.2, 0.25) is 0 Å². The lowest BCUT2D eigenvalue weighted by Gasteiger charge is -2.36. The molecular weight excluding hydrogens is 506 g/mol. The molecule has 1 aliphatic rings. The standard InChI is InChI=1S/C29H33N9O2/c1-4-20(3)40-28(39)24-18-30-16-17-38(24)22-10-8-21(9-11-22)34-29-32-15-13-26(37-29)35-25-12-14-31-27(36-25)23-7-5-6-19(2)33-23/h5-15,20,24,30H,4,16-18H2,1-3H3,(H2,31,32,34,35,36,37)/t20-,24?/m1/s1. The molecule has 1 aliphatic heterocycles. The number of aromatic nitrogens is 5. The van der Waals surface area contributed by atoms with Gasteiger partial charge >= 0.3 is 5.97 Å². The predicted molar refractivity (Wildman–Crippen MR) is 155 cm³/mol. The third-order valence-corrected chi connectivity index (χ3v) is 6.55. The summed E-state index contributed by atoms with van der Waals surface area (Å²) in [6.07, 6.45) is 4.04. The SMILES string of the molecule is CC[C@@H](C)OC(=O)C1CNCCN1c1ccc(Nc2nccc(Nc3ccnc(-c4cccc(C)n4)n3)n2)cc1. The molecule has 11 heteroatoms. The van der Waals surface area contributed by atoms with Gasteiger partial charge in [-0.1, -0.05) is 13.0 Å². The fraction of sp³-hybridized carbons (Fsp3) is 0.310. The Kier molecular flexibility index (Phi) is 8.41. The van der Waals surface area contributed by atoms with Crippen LogP contribution in [-0.2, 0) is 9.53 Å². The van der Waals surface area contributed by atoms with E-state index in [1.54, 1.807) is 24.5 Å². The van der Waals surface area contributed by atoms with Gasteiger partial charge in [0.25, 0.3) is 0 Å².